The van der Waals surface area contributed by atoms with Gasteiger partial charge in [-0.25, -0.2) is 0 Å². The second-order valence-corrected chi connectivity index (χ2v) is 6.25. The Bertz CT molecular complexity index is 211. The van der Waals surface area contributed by atoms with Crippen molar-refractivity contribution in [3.05, 3.63) is 0 Å². The second-order valence-electron chi connectivity index (χ2n) is 6.25. The zero-order valence-corrected chi connectivity index (χ0v) is 11.9. The molecule has 3 heteroatoms. The van der Waals surface area contributed by atoms with Gasteiger partial charge in [0.15, 0.2) is 0 Å². The Morgan fingerprint density at radius 2 is 2.00 bits per heavy atom. The van der Waals surface area contributed by atoms with Gasteiger partial charge in [-0.15, -0.1) is 0 Å². The lowest BCUT2D eigenvalue weighted by molar-refractivity contribution is 0.132. The Hall–Kier alpha value is -0.120. The van der Waals surface area contributed by atoms with E-state index in [9.17, 15) is 0 Å². The lowest BCUT2D eigenvalue weighted by atomic mass is 10.0. The van der Waals surface area contributed by atoms with Crippen LogP contribution in [0.3, 0.4) is 0 Å². The van der Waals surface area contributed by atoms with E-state index in [2.05, 4.69) is 56.9 Å². The van der Waals surface area contributed by atoms with Gasteiger partial charge in [0.2, 0.25) is 0 Å². The maximum atomic E-state index is 3.63. The van der Waals surface area contributed by atoms with Crippen LogP contribution in [-0.4, -0.2) is 61.2 Å². The molecule has 0 aromatic carbocycles. The molecule has 0 spiro atoms. The van der Waals surface area contributed by atoms with Crippen molar-refractivity contribution < 1.29 is 0 Å². The Kier molecular flexibility index (Phi) is 4.77. The fourth-order valence-corrected chi connectivity index (χ4v) is 2.27. The first-order chi connectivity index (χ1) is 7.31. The summed E-state index contributed by atoms with van der Waals surface area (Å²) in [5.74, 6) is 0. The lowest BCUT2D eigenvalue weighted by Crippen LogP contribution is -2.48. The summed E-state index contributed by atoms with van der Waals surface area (Å²) in [6.45, 7) is 12.7. The van der Waals surface area contributed by atoms with Gasteiger partial charge in [0, 0.05) is 30.7 Å². The van der Waals surface area contributed by atoms with Crippen LogP contribution in [0.4, 0.5) is 0 Å². The number of likely N-dealkylation sites (tertiary alicyclic amines) is 1. The van der Waals surface area contributed by atoms with Crippen molar-refractivity contribution in [2.24, 2.45) is 0 Å². The Balaban J connectivity index is 2.36. The molecule has 1 atom stereocenters. The van der Waals surface area contributed by atoms with Gasteiger partial charge in [-0.2, -0.15) is 0 Å². The first-order valence-electron chi connectivity index (χ1n) is 6.47. The van der Waals surface area contributed by atoms with Gasteiger partial charge in [-0.1, -0.05) is 13.8 Å². The van der Waals surface area contributed by atoms with E-state index in [1.807, 2.05) is 0 Å². The number of rotatable bonds is 5. The first-order valence-corrected chi connectivity index (χ1v) is 6.47. The van der Waals surface area contributed by atoms with E-state index in [-0.39, 0.29) is 5.54 Å². The largest absolute Gasteiger partial charge is 0.310 e. The van der Waals surface area contributed by atoms with Crippen LogP contribution in [-0.2, 0) is 0 Å². The highest BCUT2D eigenvalue weighted by molar-refractivity contribution is 4.88. The third kappa shape index (κ3) is 4.04. The highest BCUT2D eigenvalue weighted by atomic mass is 15.2. The van der Waals surface area contributed by atoms with Crippen LogP contribution < -0.4 is 5.32 Å². The summed E-state index contributed by atoms with van der Waals surface area (Å²) >= 11 is 0. The van der Waals surface area contributed by atoms with Crippen molar-refractivity contribution in [2.75, 3.05) is 33.7 Å². The van der Waals surface area contributed by atoms with E-state index >= 15 is 0 Å². The van der Waals surface area contributed by atoms with Gasteiger partial charge >= 0.3 is 0 Å². The molecule has 1 heterocycles. The van der Waals surface area contributed by atoms with Crippen LogP contribution in [0.2, 0.25) is 0 Å². The van der Waals surface area contributed by atoms with Crippen molar-refractivity contribution >= 4 is 0 Å². The molecule has 0 bridgehead atoms. The van der Waals surface area contributed by atoms with E-state index in [1.54, 1.807) is 0 Å². The van der Waals surface area contributed by atoms with Crippen molar-refractivity contribution in [2.45, 2.75) is 51.7 Å². The van der Waals surface area contributed by atoms with E-state index in [1.165, 1.54) is 19.5 Å². The predicted octanol–water partition coefficient (Wildman–Crippen LogP) is 1.40. The monoisotopic (exact) mass is 227 g/mol. The molecule has 0 amide bonds. The minimum Gasteiger partial charge on any atom is -0.310 e. The van der Waals surface area contributed by atoms with Crippen LogP contribution in [0.15, 0.2) is 0 Å². The number of hydrogen-bond donors (Lipinski definition) is 1. The minimum atomic E-state index is 0.271. The minimum absolute atomic E-state index is 0.271. The molecule has 1 rings (SSSR count). The molecule has 0 aromatic heterocycles. The Morgan fingerprint density at radius 3 is 2.50 bits per heavy atom. The van der Waals surface area contributed by atoms with Crippen molar-refractivity contribution in [3.8, 4) is 0 Å². The molecule has 1 aliphatic rings. The quantitative estimate of drug-likeness (QED) is 0.766. The molecule has 1 aliphatic heterocycles. The summed E-state index contributed by atoms with van der Waals surface area (Å²) in [7, 11) is 4.33. The standard InChI is InChI=1S/C13H29N3/c1-11(2)14-12-7-8-16(9-12)10-13(3,4)15(5)6/h11-12,14H,7-10H2,1-6H3. The number of hydrogen-bond acceptors (Lipinski definition) is 3. The van der Waals surface area contributed by atoms with Gasteiger partial charge in [0.1, 0.15) is 0 Å². The zero-order chi connectivity index (χ0) is 12.3. The van der Waals surface area contributed by atoms with Crippen molar-refractivity contribution in [3.63, 3.8) is 0 Å². The zero-order valence-electron chi connectivity index (χ0n) is 11.9. The van der Waals surface area contributed by atoms with E-state index in [0.717, 1.165) is 6.54 Å². The van der Waals surface area contributed by atoms with Gasteiger partial charge < -0.3 is 10.2 Å². The molecule has 0 aromatic rings. The third-order valence-corrected chi connectivity index (χ3v) is 3.66. The van der Waals surface area contributed by atoms with Crippen LogP contribution >= 0.6 is 0 Å². The van der Waals surface area contributed by atoms with E-state index < -0.39 is 0 Å². The highest BCUT2D eigenvalue weighted by Gasteiger charge is 2.29. The van der Waals surface area contributed by atoms with Gasteiger partial charge in [-0.05, 0) is 40.9 Å². The molecule has 1 fully saturated rings. The van der Waals surface area contributed by atoms with Gasteiger partial charge in [0.05, 0.1) is 0 Å². The number of nitrogens with zero attached hydrogens (tertiary/aromatic N) is 2. The molecule has 16 heavy (non-hydrogen) atoms. The molecular formula is C13H29N3. The topological polar surface area (TPSA) is 18.5 Å². The fourth-order valence-electron chi connectivity index (χ4n) is 2.27. The fraction of sp³-hybridized carbons (Fsp3) is 1.00. The maximum absolute atomic E-state index is 3.63. The number of nitrogens with one attached hydrogen (secondary N) is 1. The molecular weight excluding hydrogens is 198 g/mol. The van der Waals surface area contributed by atoms with Gasteiger partial charge in [-0.3, -0.25) is 4.90 Å². The molecule has 96 valence electrons. The Morgan fingerprint density at radius 1 is 1.38 bits per heavy atom. The number of likely N-dealkylation sites (N-methyl/N-ethyl adjacent to an activating group) is 1. The second kappa shape index (κ2) is 5.48. The molecule has 3 nitrogen and oxygen atoms in total. The van der Waals surface area contributed by atoms with Crippen LogP contribution in [0.5, 0.6) is 0 Å². The molecule has 1 saturated heterocycles. The molecule has 1 unspecified atom stereocenters. The van der Waals surface area contributed by atoms with Gasteiger partial charge in [0.25, 0.3) is 0 Å². The maximum Gasteiger partial charge on any atom is 0.0274 e. The highest BCUT2D eigenvalue weighted by Crippen LogP contribution is 2.17. The smallest absolute Gasteiger partial charge is 0.0274 e. The van der Waals surface area contributed by atoms with Crippen LogP contribution in [0, 0.1) is 0 Å². The molecule has 0 saturated carbocycles. The summed E-state index contributed by atoms with van der Waals surface area (Å²) in [5, 5.41) is 3.63. The summed E-state index contributed by atoms with van der Waals surface area (Å²) in [6, 6.07) is 1.30. The summed E-state index contributed by atoms with van der Waals surface area (Å²) in [5.41, 5.74) is 0.271. The Labute approximate surface area is 101 Å². The first kappa shape index (κ1) is 13.9. The molecule has 0 aliphatic carbocycles. The van der Waals surface area contributed by atoms with Crippen molar-refractivity contribution in [1.29, 1.82) is 0 Å². The summed E-state index contributed by atoms with van der Waals surface area (Å²) < 4.78 is 0. The SMILES string of the molecule is CC(C)NC1CCN(CC(C)(C)N(C)C)C1. The molecule has 0 radical (unpaired) electrons. The van der Waals surface area contributed by atoms with E-state index in [4.69, 9.17) is 0 Å². The summed E-state index contributed by atoms with van der Waals surface area (Å²) in [4.78, 5) is 4.90. The average Bonchev–Trinajstić information content (AvgIpc) is 2.50. The average molecular weight is 227 g/mol. The van der Waals surface area contributed by atoms with Crippen LogP contribution in [0.1, 0.15) is 34.1 Å². The van der Waals surface area contributed by atoms with E-state index in [0.29, 0.717) is 12.1 Å². The predicted molar refractivity (Wildman–Crippen MR) is 70.9 cm³/mol. The van der Waals surface area contributed by atoms with Crippen LogP contribution in [0.25, 0.3) is 0 Å². The lowest BCUT2D eigenvalue weighted by Gasteiger charge is -2.36. The summed E-state index contributed by atoms with van der Waals surface area (Å²) in [6.07, 6.45) is 1.29. The normalized spacial score (nSPS) is 23.6. The molecule has 1 N–H and O–H groups in total. The third-order valence-electron chi connectivity index (χ3n) is 3.66. The van der Waals surface area contributed by atoms with Crippen molar-refractivity contribution in [1.82, 2.24) is 15.1 Å².